The Labute approximate surface area is 62.2 Å². The minimum absolute atomic E-state index is 0.539. The van der Waals surface area contributed by atoms with Crippen LogP contribution >= 0.6 is 11.6 Å². The zero-order valence-corrected chi connectivity index (χ0v) is 7.05. The van der Waals surface area contributed by atoms with E-state index in [0.29, 0.717) is 5.88 Å². The van der Waals surface area contributed by atoms with Gasteiger partial charge in [0.25, 0.3) is 0 Å². The predicted octanol–water partition coefficient (Wildman–Crippen LogP) is 3.14. The van der Waals surface area contributed by atoms with E-state index in [1.54, 1.807) is 0 Å². The number of halogens is 1. The minimum atomic E-state index is 0.539. The summed E-state index contributed by atoms with van der Waals surface area (Å²) in [7, 11) is 0. The van der Waals surface area contributed by atoms with Gasteiger partial charge in [-0.1, -0.05) is 12.2 Å². The van der Waals surface area contributed by atoms with Crippen molar-refractivity contribution < 1.29 is 0 Å². The molecule has 0 nitrogen and oxygen atoms in total. The second-order valence-electron chi connectivity index (χ2n) is 2.36. The SMILES string of the molecule is C=C(CCl)C(C)=C(C)C. The van der Waals surface area contributed by atoms with Gasteiger partial charge in [0.15, 0.2) is 0 Å². The lowest BCUT2D eigenvalue weighted by Crippen LogP contribution is -1.86. The van der Waals surface area contributed by atoms with Gasteiger partial charge in [-0.3, -0.25) is 0 Å². The molecule has 0 rings (SSSR count). The van der Waals surface area contributed by atoms with Crippen molar-refractivity contribution in [2.75, 3.05) is 5.88 Å². The summed E-state index contributed by atoms with van der Waals surface area (Å²) in [6, 6.07) is 0. The molecule has 0 bridgehead atoms. The van der Waals surface area contributed by atoms with E-state index in [1.807, 2.05) is 6.92 Å². The summed E-state index contributed by atoms with van der Waals surface area (Å²) in [5.41, 5.74) is 3.54. The van der Waals surface area contributed by atoms with E-state index in [0.717, 1.165) is 5.57 Å². The van der Waals surface area contributed by atoms with Gasteiger partial charge in [-0.2, -0.15) is 0 Å². The molecule has 0 saturated heterocycles. The van der Waals surface area contributed by atoms with Crippen molar-refractivity contribution >= 4 is 11.6 Å². The van der Waals surface area contributed by atoms with Crippen molar-refractivity contribution in [2.24, 2.45) is 0 Å². The van der Waals surface area contributed by atoms with Crippen LogP contribution < -0.4 is 0 Å². The molecule has 0 fully saturated rings. The summed E-state index contributed by atoms with van der Waals surface area (Å²) in [5, 5.41) is 0. The highest BCUT2D eigenvalue weighted by atomic mass is 35.5. The molecule has 0 aromatic carbocycles. The average molecular weight is 145 g/mol. The molecule has 0 heterocycles. The molecular formula is C8H13Cl. The first-order chi connectivity index (χ1) is 4.09. The zero-order chi connectivity index (χ0) is 7.44. The maximum absolute atomic E-state index is 5.56. The van der Waals surface area contributed by atoms with Gasteiger partial charge in [0, 0.05) is 5.88 Å². The predicted molar refractivity (Wildman–Crippen MR) is 43.9 cm³/mol. The van der Waals surface area contributed by atoms with Crippen LogP contribution in [0.15, 0.2) is 23.3 Å². The lowest BCUT2D eigenvalue weighted by atomic mass is 10.1. The van der Waals surface area contributed by atoms with Gasteiger partial charge in [0.05, 0.1) is 0 Å². The molecule has 0 unspecified atom stereocenters. The third kappa shape index (κ3) is 2.71. The van der Waals surface area contributed by atoms with E-state index < -0.39 is 0 Å². The number of alkyl halides is 1. The third-order valence-electron chi connectivity index (χ3n) is 1.44. The van der Waals surface area contributed by atoms with Gasteiger partial charge in [0.1, 0.15) is 0 Å². The minimum Gasteiger partial charge on any atom is -0.122 e. The molecule has 1 heteroatoms. The molecule has 0 aromatic heterocycles. The lowest BCUT2D eigenvalue weighted by Gasteiger charge is -2.02. The van der Waals surface area contributed by atoms with E-state index >= 15 is 0 Å². The van der Waals surface area contributed by atoms with Crippen LogP contribution in [-0.2, 0) is 0 Å². The Morgan fingerprint density at radius 1 is 1.33 bits per heavy atom. The van der Waals surface area contributed by atoms with E-state index in [1.165, 1.54) is 11.1 Å². The highest BCUT2D eigenvalue weighted by molar-refractivity contribution is 6.19. The Kier molecular flexibility index (Phi) is 3.64. The lowest BCUT2D eigenvalue weighted by molar-refractivity contribution is 1.24. The van der Waals surface area contributed by atoms with Crippen LogP contribution in [0.4, 0.5) is 0 Å². The topological polar surface area (TPSA) is 0 Å². The van der Waals surface area contributed by atoms with Crippen molar-refractivity contribution in [3.05, 3.63) is 23.3 Å². The molecule has 0 aliphatic carbocycles. The van der Waals surface area contributed by atoms with Crippen LogP contribution in [-0.4, -0.2) is 5.88 Å². The quantitative estimate of drug-likeness (QED) is 0.413. The van der Waals surface area contributed by atoms with Crippen LogP contribution in [0.5, 0.6) is 0 Å². The largest absolute Gasteiger partial charge is 0.122 e. The van der Waals surface area contributed by atoms with Crippen LogP contribution in [0.2, 0.25) is 0 Å². The Morgan fingerprint density at radius 2 is 1.78 bits per heavy atom. The normalized spacial score (nSPS) is 8.89. The van der Waals surface area contributed by atoms with Gasteiger partial charge in [0.2, 0.25) is 0 Å². The van der Waals surface area contributed by atoms with Crippen molar-refractivity contribution in [1.29, 1.82) is 0 Å². The Bertz CT molecular complexity index is 139. The van der Waals surface area contributed by atoms with Crippen molar-refractivity contribution in [2.45, 2.75) is 20.8 Å². The summed E-state index contributed by atoms with van der Waals surface area (Å²) >= 11 is 5.56. The monoisotopic (exact) mass is 144 g/mol. The van der Waals surface area contributed by atoms with Crippen LogP contribution in [0.25, 0.3) is 0 Å². The van der Waals surface area contributed by atoms with Crippen LogP contribution in [0, 0.1) is 0 Å². The summed E-state index contributed by atoms with van der Waals surface area (Å²) < 4.78 is 0. The summed E-state index contributed by atoms with van der Waals surface area (Å²) in [6.45, 7) is 9.97. The fourth-order valence-corrected chi connectivity index (χ4v) is 0.654. The zero-order valence-electron chi connectivity index (χ0n) is 6.29. The molecule has 0 N–H and O–H groups in total. The molecule has 0 spiro atoms. The number of allylic oxidation sites excluding steroid dienone is 3. The third-order valence-corrected chi connectivity index (χ3v) is 1.76. The fourth-order valence-electron chi connectivity index (χ4n) is 0.454. The maximum atomic E-state index is 5.56. The summed E-state index contributed by atoms with van der Waals surface area (Å²) in [6.07, 6.45) is 0. The van der Waals surface area contributed by atoms with E-state index in [4.69, 9.17) is 11.6 Å². The van der Waals surface area contributed by atoms with Gasteiger partial charge in [-0.25, -0.2) is 0 Å². The van der Waals surface area contributed by atoms with E-state index in [9.17, 15) is 0 Å². The first-order valence-corrected chi connectivity index (χ1v) is 3.51. The smallest absolute Gasteiger partial charge is 0.0470 e. The van der Waals surface area contributed by atoms with Crippen molar-refractivity contribution in [3.8, 4) is 0 Å². The Morgan fingerprint density at radius 3 is 1.89 bits per heavy atom. The molecule has 52 valence electrons. The molecule has 0 radical (unpaired) electrons. The molecule has 0 saturated carbocycles. The molecule has 0 atom stereocenters. The molecular weight excluding hydrogens is 132 g/mol. The molecule has 0 aliphatic heterocycles. The highest BCUT2D eigenvalue weighted by Gasteiger charge is 1.94. The van der Waals surface area contributed by atoms with Crippen LogP contribution in [0.1, 0.15) is 20.8 Å². The Hall–Kier alpha value is -0.230. The van der Waals surface area contributed by atoms with Gasteiger partial charge < -0.3 is 0 Å². The van der Waals surface area contributed by atoms with E-state index in [-0.39, 0.29) is 0 Å². The number of hydrogen-bond donors (Lipinski definition) is 0. The standard InChI is InChI=1S/C8H13Cl/c1-6(2)8(4)7(3)5-9/h3,5H2,1-2,4H3. The van der Waals surface area contributed by atoms with Gasteiger partial charge in [-0.05, 0) is 31.9 Å². The average Bonchev–Trinajstić information content (AvgIpc) is 1.84. The first-order valence-electron chi connectivity index (χ1n) is 2.97. The van der Waals surface area contributed by atoms with Gasteiger partial charge >= 0.3 is 0 Å². The summed E-state index contributed by atoms with van der Waals surface area (Å²) in [4.78, 5) is 0. The van der Waals surface area contributed by atoms with E-state index in [2.05, 4.69) is 20.4 Å². The van der Waals surface area contributed by atoms with Gasteiger partial charge in [-0.15, -0.1) is 11.6 Å². The molecule has 9 heavy (non-hydrogen) atoms. The molecule has 0 aliphatic rings. The Balaban J connectivity index is 4.21. The maximum Gasteiger partial charge on any atom is 0.0470 e. The fraction of sp³-hybridized carbons (Fsp3) is 0.500. The number of hydrogen-bond acceptors (Lipinski definition) is 0. The second kappa shape index (κ2) is 3.73. The van der Waals surface area contributed by atoms with Crippen molar-refractivity contribution in [1.82, 2.24) is 0 Å². The molecule has 0 amide bonds. The highest BCUT2D eigenvalue weighted by Crippen LogP contribution is 2.12. The summed E-state index contributed by atoms with van der Waals surface area (Å²) in [5.74, 6) is 0.539. The second-order valence-corrected chi connectivity index (χ2v) is 2.63. The first kappa shape index (κ1) is 8.77. The van der Waals surface area contributed by atoms with Crippen LogP contribution in [0.3, 0.4) is 0 Å². The molecule has 0 aromatic rings. The number of rotatable bonds is 2. The van der Waals surface area contributed by atoms with Crippen molar-refractivity contribution in [3.63, 3.8) is 0 Å².